The Bertz CT molecular complexity index is 620. The number of piperidine rings is 1. The lowest BCUT2D eigenvalue weighted by atomic mass is 10.1. The van der Waals surface area contributed by atoms with Crippen LogP contribution in [0.15, 0.2) is 41.4 Å². The van der Waals surface area contributed by atoms with Crippen molar-refractivity contribution in [2.45, 2.75) is 23.8 Å². The maximum absolute atomic E-state index is 9.81. The quantitative estimate of drug-likeness (QED) is 0.883. The van der Waals surface area contributed by atoms with E-state index in [1.54, 1.807) is 18.0 Å². The summed E-state index contributed by atoms with van der Waals surface area (Å²) >= 11 is 1.71. The van der Waals surface area contributed by atoms with Gasteiger partial charge in [-0.1, -0.05) is 12.1 Å². The summed E-state index contributed by atoms with van der Waals surface area (Å²) in [4.78, 5) is 12.4. The van der Waals surface area contributed by atoms with Crippen LogP contribution >= 0.6 is 11.8 Å². The predicted molar refractivity (Wildman–Crippen MR) is 86.7 cm³/mol. The second-order valence-electron chi connectivity index (χ2n) is 5.21. The van der Waals surface area contributed by atoms with Gasteiger partial charge in [-0.2, -0.15) is 0 Å². The molecule has 2 heterocycles. The highest BCUT2D eigenvalue weighted by Gasteiger charge is 2.19. The number of anilines is 1. The SMILES string of the molecule is CSc1cccc(-c2nccc(N3CCCC(O)C3)n2)c1. The Morgan fingerprint density at radius 1 is 1.33 bits per heavy atom. The summed E-state index contributed by atoms with van der Waals surface area (Å²) in [5, 5.41) is 9.81. The molecule has 0 saturated carbocycles. The Kier molecular flexibility index (Phi) is 4.41. The minimum atomic E-state index is -0.253. The van der Waals surface area contributed by atoms with Gasteiger partial charge in [0.25, 0.3) is 0 Å². The number of aliphatic hydroxyl groups excluding tert-OH is 1. The molecular weight excluding hydrogens is 282 g/mol. The van der Waals surface area contributed by atoms with Gasteiger partial charge in [0.2, 0.25) is 0 Å². The van der Waals surface area contributed by atoms with Gasteiger partial charge in [0.05, 0.1) is 6.10 Å². The number of nitrogens with zero attached hydrogens (tertiary/aromatic N) is 3. The van der Waals surface area contributed by atoms with Crippen LogP contribution in [0.25, 0.3) is 11.4 Å². The number of hydrogen-bond donors (Lipinski definition) is 1. The Morgan fingerprint density at radius 2 is 2.24 bits per heavy atom. The first-order valence-corrected chi connectivity index (χ1v) is 8.39. The van der Waals surface area contributed by atoms with Crippen molar-refractivity contribution in [2.75, 3.05) is 24.2 Å². The topological polar surface area (TPSA) is 49.2 Å². The van der Waals surface area contributed by atoms with Gasteiger partial charge in [-0.15, -0.1) is 11.8 Å². The summed E-state index contributed by atoms with van der Waals surface area (Å²) in [7, 11) is 0. The summed E-state index contributed by atoms with van der Waals surface area (Å²) in [5.41, 5.74) is 1.03. The number of benzene rings is 1. The highest BCUT2D eigenvalue weighted by Crippen LogP contribution is 2.24. The third-order valence-electron chi connectivity index (χ3n) is 3.69. The van der Waals surface area contributed by atoms with Gasteiger partial charge in [-0.05, 0) is 37.3 Å². The van der Waals surface area contributed by atoms with Crippen molar-refractivity contribution >= 4 is 17.6 Å². The van der Waals surface area contributed by atoms with Crippen LogP contribution in [-0.4, -0.2) is 40.5 Å². The fraction of sp³-hybridized carbons (Fsp3) is 0.375. The van der Waals surface area contributed by atoms with Crippen molar-refractivity contribution < 1.29 is 5.11 Å². The lowest BCUT2D eigenvalue weighted by molar-refractivity contribution is 0.154. The monoisotopic (exact) mass is 301 g/mol. The van der Waals surface area contributed by atoms with Gasteiger partial charge in [-0.3, -0.25) is 0 Å². The van der Waals surface area contributed by atoms with Gasteiger partial charge in [-0.25, -0.2) is 9.97 Å². The molecule has 1 fully saturated rings. The third-order valence-corrected chi connectivity index (χ3v) is 4.41. The fourth-order valence-corrected chi connectivity index (χ4v) is 3.05. The molecule has 0 spiro atoms. The Labute approximate surface area is 129 Å². The molecule has 1 atom stereocenters. The van der Waals surface area contributed by atoms with Crippen molar-refractivity contribution in [1.82, 2.24) is 9.97 Å². The van der Waals surface area contributed by atoms with E-state index < -0.39 is 0 Å². The zero-order valence-corrected chi connectivity index (χ0v) is 12.9. The van der Waals surface area contributed by atoms with E-state index in [9.17, 15) is 5.11 Å². The largest absolute Gasteiger partial charge is 0.391 e. The van der Waals surface area contributed by atoms with Crippen LogP contribution in [0.5, 0.6) is 0 Å². The molecule has 5 heteroatoms. The summed E-state index contributed by atoms with van der Waals surface area (Å²) in [6, 6.07) is 10.2. The molecule has 1 aliphatic heterocycles. The van der Waals surface area contributed by atoms with E-state index in [4.69, 9.17) is 0 Å². The molecule has 1 aromatic carbocycles. The van der Waals surface area contributed by atoms with Crippen LogP contribution in [0, 0.1) is 0 Å². The van der Waals surface area contributed by atoms with Gasteiger partial charge in [0, 0.05) is 29.7 Å². The number of β-amino-alcohol motifs (C(OH)–C–C–N with tert-alkyl or cyclic N) is 1. The Hall–Kier alpha value is -1.59. The molecule has 1 N–H and O–H groups in total. The lowest BCUT2D eigenvalue weighted by Gasteiger charge is -2.31. The second kappa shape index (κ2) is 6.45. The molecule has 1 aliphatic rings. The first kappa shape index (κ1) is 14.4. The number of aromatic nitrogens is 2. The van der Waals surface area contributed by atoms with E-state index in [0.29, 0.717) is 6.54 Å². The Balaban J connectivity index is 1.88. The van der Waals surface area contributed by atoms with Crippen LogP contribution in [0.3, 0.4) is 0 Å². The van der Waals surface area contributed by atoms with Gasteiger partial charge >= 0.3 is 0 Å². The molecule has 0 bridgehead atoms. The number of rotatable bonds is 3. The highest BCUT2D eigenvalue weighted by atomic mass is 32.2. The summed E-state index contributed by atoms with van der Waals surface area (Å²) in [5.74, 6) is 1.64. The average Bonchev–Trinajstić information content (AvgIpc) is 2.55. The number of thioether (sulfide) groups is 1. The van der Waals surface area contributed by atoms with Crippen LogP contribution in [0.1, 0.15) is 12.8 Å². The first-order valence-electron chi connectivity index (χ1n) is 7.17. The normalized spacial score (nSPS) is 18.8. The van der Waals surface area contributed by atoms with Crippen LogP contribution in [0.4, 0.5) is 5.82 Å². The Morgan fingerprint density at radius 3 is 3.05 bits per heavy atom. The lowest BCUT2D eigenvalue weighted by Crippen LogP contribution is -2.38. The van der Waals surface area contributed by atoms with Crippen LogP contribution < -0.4 is 4.90 Å². The average molecular weight is 301 g/mol. The molecular formula is C16H19N3OS. The van der Waals surface area contributed by atoms with Crippen molar-refractivity contribution in [3.8, 4) is 11.4 Å². The van der Waals surface area contributed by atoms with Crippen LogP contribution in [0.2, 0.25) is 0 Å². The molecule has 0 radical (unpaired) electrons. The van der Waals surface area contributed by atoms with Gasteiger partial charge in [0.1, 0.15) is 5.82 Å². The van der Waals surface area contributed by atoms with Crippen LogP contribution in [-0.2, 0) is 0 Å². The molecule has 1 saturated heterocycles. The number of hydrogen-bond acceptors (Lipinski definition) is 5. The van der Waals surface area contributed by atoms with E-state index in [2.05, 4.69) is 33.3 Å². The maximum atomic E-state index is 9.81. The molecule has 3 rings (SSSR count). The minimum absolute atomic E-state index is 0.253. The molecule has 4 nitrogen and oxygen atoms in total. The fourth-order valence-electron chi connectivity index (χ4n) is 2.59. The van der Waals surface area contributed by atoms with E-state index in [0.717, 1.165) is 36.6 Å². The third kappa shape index (κ3) is 3.36. The second-order valence-corrected chi connectivity index (χ2v) is 6.09. The van der Waals surface area contributed by atoms with Crippen molar-refractivity contribution in [3.63, 3.8) is 0 Å². The molecule has 110 valence electrons. The molecule has 0 aliphatic carbocycles. The standard InChI is InChI=1S/C16H19N3OS/c1-21-14-6-2-4-12(10-14)16-17-8-7-15(18-16)19-9-3-5-13(20)11-19/h2,4,6-8,10,13,20H,3,5,9,11H2,1H3. The highest BCUT2D eigenvalue weighted by molar-refractivity contribution is 7.98. The summed E-state index contributed by atoms with van der Waals surface area (Å²) in [6.45, 7) is 1.60. The first-order chi connectivity index (χ1) is 10.3. The maximum Gasteiger partial charge on any atom is 0.161 e. The summed E-state index contributed by atoms with van der Waals surface area (Å²) in [6.07, 6.45) is 5.49. The zero-order valence-electron chi connectivity index (χ0n) is 12.1. The van der Waals surface area contributed by atoms with E-state index in [1.165, 1.54) is 4.90 Å². The van der Waals surface area contributed by atoms with E-state index in [-0.39, 0.29) is 6.10 Å². The van der Waals surface area contributed by atoms with E-state index in [1.807, 2.05) is 18.2 Å². The van der Waals surface area contributed by atoms with Crippen molar-refractivity contribution in [1.29, 1.82) is 0 Å². The molecule has 21 heavy (non-hydrogen) atoms. The van der Waals surface area contributed by atoms with Crippen molar-refractivity contribution in [3.05, 3.63) is 36.5 Å². The smallest absolute Gasteiger partial charge is 0.161 e. The molecule has 2 aromatic rings. The molecule has 0 amide bonds. The predicted octanol–water partition coefficient (Wildman–Crippen LogP) is 2.83. The molecule has 1 unspecified atom stereocenters. The zero-order chi connectivity index (χ0) is 14.7. The van der Waals surface area contributed by atoms with Gasteiger partial charge in [0.15, 0.2) is 5.82 Å². The molecule has 1 aromatic heterocycles. The van der Waals surface area contributed by atoms with E-state index >= 15 is 0 Å². The van der Waals surface area contributed by atoms with Gasteiger partial charge < -0.3 is 10.0 Å². The minimum Gasteiger partial charge on any atom is -0.391 e. The van der Waals surface area contributed by atoms with Crippen molar-refractivity contribution in [2.24, 2.45) is 0 Å². The number of aliphatic hydroxyl groups is 1. The summed E-state index contributed by atoms with van der Waals surface area (Å²) < 4.78 is 0.